The van der Waals surface area contributed by atoms with E-state index in [4.69, 9.17) is 5.26 Å². The third-order valence-corrected chi connectivity index (χ3v) is 3.08. The van der Waals surface area contributed by atoms with Gasteiger partial charge in [0.25, 0.3) is 0 Å². The molecule has 1 rings (SSSR count). The van der Waals surface area contributed by atoms with Crippen molar-refractivity contribution in [2.24, 2.45) is 0 Å². The molecule has 0 aliphatic rings. The molecule has 2 nitrogen and oxygen atoms in total. The molecule has 0 aromatic heterocycles. The fourth-order valence-corrected chi connectivity index (χ4v) is 2.14. The number of halogens is 1. The van der Waals surface area contributed by atoms with E-state index in [1.54, 1.807) is 6.07 Å². The van der Waals surface area contributed by atoms with Gasteiger partial charge in [-0.2, -0.15) is 5.26 Å². The Morgan fingerprint density at radius 1 is 1.29 bits per heavy atom. The maximum Gasteiger partial charge on any atom is 0.124 e. The van der Waals surface area contributed by atoms with Gasteiger partial charge in [-0.25, -0.2) is 4.39 Å². The minimum Gasteiger partial charge on any atom is -0.299 e. The van der Waals surface area contributed by atoms with Crippen LogP contribution in [0.3, 0.4) is 0 Å². The molecule has 17 heavy (non-hydrogen) atoms. The molecule has 0 bridgehead atoms. The molecular weight excluding hydrogens is 215 g/mol. The quantitative estimate of drug-likeness (QED) is 0.781. The molecule has 0 saturated carbocycles. The highest BCUT2D eigenvalue weighted by Crippen LogP contribution is 2.14. The van der Waals surface area contributed by atoms with E-state index in [0.29, 0.717) is 18.2 Å². The summed E-state index contributed by atoms with van der Waals surface area (Å²) in [4.78, 5) is 2.20. The van der Waals surface area contributed by atoms with E-state index in [1.807, 2.05) is 13.1 Å². The van der Waals surface area contributed by atoms with Crippen molar-refractivity contribution >= 4 is 0 Å². The van der Waals surface area contributed by atoms with Gasteiger partial charge in [-0.3, -0.25) is 4.90 Å². The third-order valence-electron chi connectivity index (χ3n) is 3.08. The van der Waals surface area contributed by atoms with Gasteiger partial charge >= 0.3 is 0 Å². The van der Waals surface area contributed by atoms with E-state index in [0.717, 1.165) is 18.4 Å². The molecule has 0 saturated heterocycles. The molecule has 0 radical (unpaired) electrons. The number of rotatable bonds is 5. The molecule has 0 aliphatic carbocycles. The summed E-state index contributed by atoms with van der Waals surface area (Å²) in [5.74, 6) is -0.336. The summed E-state index contributed by atoms with van der Waals surface area (Å²) in [5.41, 5.74) is 1.24. The van der Waals surface area contributed by atoms with Gasteiger partial charge in [0.05, 0.1) is 11.6 Å². The SMILES string of the molecule is CCC(CC)N(C)Cc1cc(F)cc(C#N)c1. The fourth-order valence-electron chi connectivity index (χ4n) is 2.14. The van der Waals surface area contributed by atoms with Gasteiger partial charge in [-0.15, -0.1) is 0 Å². The highest BCUT2D eigenvalue weighted by Gasteiger charge is 2.11. The van der Waals surface area contributed by atoms with Crippen LogP contribution in [0.4, 0.5) is 4.39 Å². The maximum absolute atomic E-state index is 13.3. The summed E-state index contributed by atoms with van der Waals surface area (Å²) in [7, 11) is 2.04. The number of hydrogen-bond donors (Lipinski definition) is 0. The lowest BCUT2D eigenvalue weighted by molar-refractivity contribution is 0.221. The summed E-state index contributed by atoms with van der Waals surface area (Å²) in [6.45, 7) is 4.98. The normalized spacial score (nSPS) is 10.9. The predicted molar refractivity (Wildman–Crippen MR) is 67.0 cm³/mol. The van der Waals surface area contributed by atoms with Gasteiger partial charge in [0.2, 0.25) is 0 Å². The zero-order valence-electron chi connectivity index (χ0n) is 10.7. The Kier molecular flexibility index (Phi) is 5.11. The average molecular weight is 234 g/mol. The lowest BCUT2D eigenvalue weighted by Gasteiger charge is -2.26. The van der Waals surface area contributed by atoms with E-state index in [-0.39, 0.29) is 5.82 Å². The van der Waals surface area contributed by atoms with E-state index in [1.165, 1.54) is 12.1 Å². The summed E-state index contributed by atoms with van der Waals surface area (Å²) in [6, 6.07) is 7.00. The van der Waals surface area contributed by atoms with Gasteiger partial charge in [-0.05, 0) is 43.7 Å². The molecule has 92 valence electrons. The summed E-state index contributed by atoms with van der Waals surface area (Å²) >= 11 is 0. The highest BCUT2D eigenvalue weighted by molar-refractivity contribution is 5.33. The first kappa shape index (κ1) is 13.7. The largest absolute Gasteiger partial charge is 0.299 e. The molecule has 1 aromatic rings. The minimum absolute atomic E-state index is 0.336. The monoisotopic (exact) mass is 234 g/mol. The first-order valence-corrected chi connectivity index (χ1v) is 6.00. The lowest BCUT2D eigenvalue weighted by atomic mass is 10.1. The van der Waals surface area contributed by atoms with Gasteiger partial charge in [0.1, 0.15) is 5.82 Å². The second-order valence-corrected chi connectivity index (χ2v) is 4.35. The number of benzene rings is 1. The predicted octanol–water partition coefficient (Wildman–Crippen LogP) is 3.32. The number of hydrogen-bond acceptors (Lipinski definition) is 2. The fraction of sp³-hybridized carbons (Fsp3) is 0.500. The Labute approximate surface area is 103 Å². The van der Waals surface area contributed by atoms with Crippen molar-refractivity contribution in [3.05, 3.63) is 35.1 Å². The van der Waals surface area contributed by atoms with Gasteiger partial charge in [0, 0.05) is 12.6 Å². The zero-order chi connectivity index (χ0) is 12.8. The van der Waals surface area contributed by atoms with Crippen molar-refractivity contribution in [3.8, 4) is 6.07 Å². The van der Waals surface area contributed by atoms with Crippen LogP contribution in [-0.4, -0.2) is 18.0 Å². The van der Waals surface area contributed by atoms with Gasteiger partial charge in [-0.1, -0.05) is 13.8 Å². The molecule has 3 heteroatoms. The van der Waals surface area contributed by atoms with Crippen LogP contribution >= 0.6 is 0 Å². The zero-order valence-corrected chi connectivity index (χ0v) is 10.7. The molecule has 0 fully saturated rings. The smallest absolute Gasteiger partial charge is 0.124 e. The van der Waals surface area contributed by atoms with Crippen LogP contribution in [0.1, 0.15) is 37.8 Å². The van der Waals surface area contributed by atoms with Crippen LogP contribution in [0.5, 0.6) is 0 Å². The number of nitriles is 1. The summed E-state index contributed by atoms with van der Waals surface area (Å²) < 4.78 is 13.3. The standard InChI is InChI=1S/C14H19FN2/c1-4-14(5-2)17(3)10-12-6-11(9-16)7-13(15)8-12/h6-8,14H,4-5,10H2,1-3H3. The van der Waals surface area contributed by atoms with Crippen LogP contribution in [0, 0.1) is 17.1 Å². The average Bonchev–Trinajstić information content (AvgIpc) is 2.29. The first-order valence-electron chi connectivity index (χ1n) is 6.00. The van der Waals surface area contributed by atoms with Crippen LogP contribution in [0.25, 0.3) is 0 Å². The van der Waals surface area contributed by atoms with Crippen LogP contribution in [-0.2, 0) is 6.54 Å². The molecule has 0 amide bonds. The molecular formula is C14H19FN2. The van der Waals surface area contributed by atoms with E-state index in [9.17, 15) is 4.39 Å². The van der Waals surface area contributed by atoms with Gasteiger partial charge in [0.15, 0.2) is 0 Å². The van der Waals surface area contributed by atoms with Crippen LogP contribution in [0.15, 0.2) is 18.2 Å². The molecule has 0 aliphatic heterocycles. The molecule has 1 aromatic carbocycles. The van der Waals surface area contributed by atoms with Crippen LogP contribution in [0.2, 0.25) is 0 Å². The third kappa shape index (κ3) is 3.83. The second kappa shape index (κ2) is 6.36. The van der Waals surface area contributed by atoms with E-state index >= 15 is 0 Å². The second-order valence-electron chi connectivity index (χ2n) is 4.35. The number of nitrogens with zero attached hydrogens (tertiary/aromatic N) is 2. The van der Waals surface area contributed by atoms with Crippen molar-refractivity contribution in [1.82, 2.24) is 4.90 Å². The van der Waals surface area contributed by atoms with Crippen molar-refractivity contribution < 1.29 is 4.39 Å². The molecule has 0 unspecified atom stereocenters. The van der Waals surface area contributed by atoms with Crippen molar-refractivity contribution in [3.63, 3.8) is 0 Å². The lowest BCUT2D eigenvalue weighted by Crippen LogP contribution is -2.30. The summed E-state index contributed by atoms with van der Waals surface area (Å²) in [6.07, 6.45) is 2.15. The van der Waals surface area contributed by atoms with Crippen molar-refractivity contribution in [2.45, 2.75) is 39.3 Å². The first-order chi connectivity index (χ1) is 8.10. The van der Waals surface area contributed by atoms with Crippen LogP contribution < -0.4 is 0 Å². The molecule has 0 spiro atoms. The van der Waals surface area contributed by atoms with E-state index in [2.05, 4.69) is 18.7 Å². The Hall–Kier alpha value is -1.40. The topological polar surface area (TPSA) is 27.0 Å². The highest BCUT2D eigenvalue weighted by atomic mass is 19.1. The Balaban J connectivity index is 2.81. The van der Waals surface area contributed by atoms with Crippen molar-refractivity contribution in [1.29, 1.82) is 5.26 Å². The Morgan fingerprint density at radius 2 is 1.94 bits per heavy atom. The molecule has 0 N–H and O–H groups in total. The summed E-state index contributed by atoms with van der Waals surface area (Å²) in [5, 5.41) is 8.79. The molecule has 0 atom stereocenters. The van der Waals surface area contributed by atoms with Gasteiger partial charge < -0.3 is 0 Å². The minimum atomic E-state index is -0.336. The van der Waals surface area contributed by atoms with Crippen molar-refractivity contribution in [2.75, 3.05) is 7.05 Å². The Bertz CT molecular complexity index is 405. The Morgan fingerprint density at radius 3 is 2.47 bits per heavy atom. The molecule has 0 heterocycles. The maximum atomic E-state index is 13.3. The van der Waals surface area contributed by atoms with E-state index < -0.39 is 0 Å².